The van der Waals surface area contributed by atoms with E-state index in [1.807, 2.05) is 12.1 Å². The molecule has 17 heavy (non-hydrogen) atoms. The number of hydrogen-bond donors (Lipinski definition) is 1. The Morgan fingerprint density at radius 3 is 3.00 bits per heavy atom. The van der Waals surface area contributed by atoms with E-state index in [-0.39, 0.29) is 0 Å². The van der Waals surface area contributed by atoms with E-state index < -0.39 is 0 Å². The zero-order valence-electron chi connectivity index (χ0n) is 10.6. The first kappa shape index (κ1) is 12.2. The molecule has 0 aliphatic carbocycles. The first-order valence-electron chi connectivity index (χ1n) is 6.51. The van der Waals surface area contributed by atoms with Crippen LogP contribution in [0, 0.1) is 0 Å². The van der Waals surface area contributed by atoms with Crippen molar-refractivity contribution in [3.8, 4) is 0 Å². The third kappa shape index (κ3) is 3.13. The van der Waals surface area contributed by atoms with Gasteiger partial charge in [-0.3, -0.25) is 0 Å². The van der Waals surface area contributed by atoms with Crippen LogP contribution in [0.2, 0.25) is 0 Å². The molecular formula is C14H22N2O. The molecular weight excluding hydrogens is 212 g/mol. The van der Waals surface area contributed by atoms with Gasteiger partial charge < -0.3 is 15.4 Å². The van der Waals surface area contributed by atoms with Crippen molar-refractivity contribution in [2.75, 3.05) is 30.4 Å². The minimum Gasteiger partial charge on any atom is -0.399 e. The van der Waals surface area contributed by atoms with Gasteiger partial charge in [0.25, 0.3) is 0 Å². The topological polar surface area (TPSA) is 38.5 Å². The molecule has 2 N–H and O–H groups in total. The second-order valence-electron chi connectivity index (χ2n) is 4.66. The van der Waals surface area contributed by atoms with E-state index in [0.29, 0.717) is 6.04 Å². The number of anilines is 2. The third-order valence-electron chi connectivity index (χ3n) is 3.24. The molecule has 1 fully saturated rings. The van der Waals surface area contributed by atoms with Crippen LogP contribution < -0.4 is 10.6 Å². The molecule has 2 rings (SSSR count). The summed E-state index contributed by atoms with van der Waals surface area (Å²) >= 11 is 0. The average Bonchev–Trinajstić information content (AvgIpc) is 2.37. The molecule has 1 aromatic carbocycles. The molecule has 0 bridgehead atoms. The molecule has 1 aliphatic rings. The molecule has 0 radical (unpaired) electrons. The summed E-state index contributed by atoms with van der Waals surface area (Å²) in [6, 6.07) is 8.66. The molecule has 1 aromatic rings. The highest BCUT2D eigenvalue weighted by Crippen LogP contribution is 2.24. The van der Waals surface area contributed by atoms with Crippen LogP contribution in [0.15, 0.2) is 24.3 Å². The van der Waals surface area contributed by atoms with Crippen molar-refractivity contribution in [2.24, 2.45) is 0 Å². The normalized spacial score (nSPS) is 20.2. The van der Waals surface area contributed by atoms with Gasteiger partial charge in [-0.1, -0.05) is 13.0 Å². The highest BCUT2D eigenvalue weighted by molar-refractivity contribution is 5.56. The van der Waals surface area contributed by atoms with Crippen LogP contribution in [-0.4, -0.2) is 25.8 Å². The van der Waals surface area contributed by atoms with Crippen molar-refractivity contribution in [2.45, 2.75) is 32.2 Å². The molecule has 3 heteroatoms. The Hall–Kier alpha value is -1.22. The molecule has 3 nitrogen and oxygen atoms in total. The van der Waals surface area contributed by atoms with Crippen molar-refractivity contribution in [1.29, 1.82) is 0 Å². The highest BCUT2D eigenvalue weighted by atomic mass is 16.5. The Labute approximate surface area is 104 Å². The van der Waals surface area contributed by atoms with E-state index >= 15 is 0 Å². The third-order valence-corrected chi connectivity index (χ3v) is 3.24. The minimum absolute atomic E-state index is 0.505. The van der Waals surface area contributed by atoms with E-state index in [4.69, 9.17) is 10.5 Å². The average molecular weight is 234 g/mol. The van der Waals surface area contributed by atoms with Crippen molar-refractivity contribution in [1.82, 2.24) is 0 Å². The van der Waals surface area contributed by atoms with Crippen molar-refractivity contribution < 1.29 is 4.74 Å². The van der Waals surface area contributed by atoms with Gasteiger partial charge in [0, 0.05) is 24.5 Å². The maximum atomic E-state index is 5.86. The summed E-state index contributed by atoms with van der Waals surface area (Å²) in [5, 5.41) is 0. The fourth-order valence-corrected chi connectivity index (χ4v) is 2.44. The van der Waals surface area contributed by atoms with Gasteiger partial charge in [0.05, 0.1) is 12.6 Å². The zero-order valence-corrected chi connectivity index (χ0v) is 10.6. The summed E-state index contributed by atoms with van der Waals surface area (Å²) in [6.07, 6.45) is 3.52. The highest BCUT2D eigenvalue weighted by Gasteiger charge is 2.21. The van der Waals surface area contributed by atoms with E-state index in [0.717, 1.165) is 38.3 Å². The van der Waals surface area contributed by atoms with Crippen LogP contribution in [0.3, 0.4) is 0 Å². The predicted molar refractivity (Wildman–Crippen MR) is 72.3 cm³/mol. The van der Waals surface area contributed by atoms with Gasteiger partial charge in [-0.2, -0.15) is 0 Å². The van der Waals surface area contributed by atoms with Gasteiger partial charge in [-0.15, -0.1) is 0 Å². The second kappa shape index (κ2) is 5.92. The quantitative estimate of drug-likeness (QED) is 0.814. The lowest BCUT2D eigenvalue weighted by molar-refractivity contribution is 0.0792. The number of ether oxygens (including phenoxy) is 1. The SMILES string of the molecule is CCCN(c1cccc(N)c1)C1CCCOC1. The minimum atomic E-state index is 0.505. The molecule has 0 amide bonds. The Balaban J connectivity index is 2.15. The Morgan fingerprint density at radius 2 is 2.35 bits per heavy atom. The summed E-state index contributed by atoms with van der Waals surface area (Å²) in [4.78, 5) is 2.44. The second-order valence-corrected chi connectivity index (χ2v) is 4.66. The van der Waals surface area contributed by atoms with Gasteiger partial charge in [0.15, 0.2) is 0 Å². The van der Waals surface area contributed by atoms with E-state index in [1.54, 1.807) is 0 Å². The van der Waals surface area contributed by atoms with Crippen LogP contribution in [-0.2, 0) is 4.74 Å². The summed E-state index contributed by atoms with van der Waals surface area (Å²) in [7, 11) is 0. The van der Waals surface area contributed by atoms with Crippen molar-refractivity contribution in [3.05, 3.63) is 24.3 Å². The first-order valence-corrected chi connectivity index (χ1v) is 6.51. The standard InChI is InChI=1S/C14H22N2O/c1-2-8-16(14-7-4-9-17-11-14)13-6-3-5-12(15)10-13/h3,5-6,10,14H,2,4,7-9,11,15H2,1H3. The predicted octanol–water partition coefficient (Wildman–Crippen LogP) is 2.66. The van der Waals surface area contributed by atoms with Gasteiger partial charge in [0.2, 0.25) is 0 Å². The summed E-state index contributed by atoms with van der Waals surface area (Å²) in [6.45, 7) is 5.03. The number of nitrogens with two attached hydrogens (primary N) is 1. The van der Waals surface area contributed by atoms with Crippen molar-refractivity contribution in [3.63, 3.8) is 0 Å². The molecule has 94 valence electrons. The van der Waals surface area contributed by atoms with Crippen LogP contribution in [0.25, 0.3) is 0 Å². The number of nitrogen functional groups attached to an aromatic ring is 1. The molecule has 1 heterocycles. The van der Waals surface area contributed by atoms with E-state index in [1.165, 1.54) is 12.1 Å². The zero-order chi connectivity index (χ0) is 12.1. The molecule has 1 atom stereocenters. The van der Waals surface area contributed by atoms with Crippen LogP contribution in [0.5, 0.6) is 0 Å². The Kier molecular flexibility index (Phi) is 4.26. The summed E-state index contributed by atoms with van der Waals surface area (Å²) in [5.74, 6) is 0. The summed E-state index contributed by atoms with van der Waals surface area (Å²) in [5.41, 5.74) is 7.92. The molecule has 1 saturated heterocycles. The molecule has 0 aromatic heterocycles. The lowest BCUT2D eigenvalue weighted by Crippen LogP contribution is -2.41. The smallest absolute Gasteiger partial charge is 0.0669 e. The Bertz CT molecular complexity index is 348. The Morgan fingerprint density at radius 1 is 1.47 bits per heavy atom. The van der Waals surface area contributed by atoms with Crippen LogP contribution in [0.1, 0.15) is 26.2 Å². The molecule has 1 aliphatic heterocycles. The molecule has 0 saturated carbocycles. The van der Waals surface area contributed by atoms with Gasteiger partial charge in [-0.05, 0) is 37.5 Å². The number of hydrogen-bond acceptors (Lipinski definition) is 3. The van der Waals surface area contributed by atoms with E-state index in [2.05, 4.69) is 24.0 Å². The maximum absolute atomic E-state index is 5.86. The number of nitrogens with zero attached hydrogens (tertiary/aromatic N) is 1. The van der Waals surface area contributed by atoms with Gasteiger partial charge >= 0.3 is 0 Å². The monoisotopic (exact) mass is 234 g/mol. The maximum Gasteiger partial charge on any atom is 0.0669 e. The molecule has 1 unspecified atom stereocenters. The number of benzene rings is 1. The van der Waals surface area contributed by atoms with Gasteiger partial charge in [0.1, 0.15) is 0 Å². The van der Waals surface area contributed by atoms with Gasteiger partial charge in [-0.25, -0.2) is 0 Å². The lowest BCUT2D eigenvalue weighted by atomic mass is 10.1. The largest absolute Gasteiger partial charge is 0.399 e. The van der Waals surface area contributed by atoms with Crippen molar-refractivity contribution >= 4 is 11.4 Å². The fourth-order valence-electron chi connectivity index (χ4n) is 2.44. The first-order chi connectivity index (χ1) is 8.31. The number of rotatable bonds is 4. The summed E-state index contributed by atoms with van der Waals surface area (Å²) < 4.78 is 5.59. The fraction of sp³-hybridized carbons (Fsp3) is 0.571. The lowest BCUT2D eigenvalue weighted by Gasteiger charge is -2.36. The van der Waals surface area contributed by atoms with E-state index in [9.17, 15) is 0 Å². The molecule has 0 spiro atoms. The van der Waals surface area contributed by atoms with Crippen LogP contribution in [0.4, 0.5) is 11.4 Å². The van der Waals surface area contributed by atoms with Crippen LogP contribution >= 0.6 is 0 Å².